The molecule has 0 bridgehead atoms. The minimum Gasteiger partial charge on any atom is -0.480 e. The number of fused-ring (bicyclic) bond motifs is 1. The van der Waals surface area contributed by atoms with Gasteiger partial charge in [0.2, 0.25) is 0 Å². The highest BCUT2D eigenvalue weighted by Gasteiger charge is 2.16. The monoisotopic (exact) mass is 514 g/mol. The average Bonchev–Trinajstić information content (AvgIpc) is 2.62. The first-order valence-electron chi connectivity index (χ1n) is 7.98. The third kappa shape index (κ3) is 6.52. The predicted molar refractivity (Wildman–Crippen MR) is 107 cm³/mol. The summed E-state index contributed by atoms with van der Waals surface area (Å²) in [6, 6.07) is 10.3. The van der Waals surface area contributed by atoms with Crippen molar-refractivity contribution in [1.29, 1.82) is 0 Å². The molecule has 7 nitrogen and oxygen atoms in total. The molecule has 0 saturated heterocycles. The Kier molecular flexibility index (Phi) is 8.31. The number of aromatic carboxylic acids is 1. The fourth-order valence-corrected chi connectivity index (χ4v) is 3.24. The van der Waals surface area contributed by atoms with Gasteiger partial charge in [0, 0.05) is 14.5 Å². The summed E-state index contributed by atoms with van der Waals surface area (Å²) in [5.41, 5.74) is 2.31. The van der Waals surface area contributed by atoms with Gasteiger partial charge < -0.3 is 19.7 Å². The first-order chi connectivity index (χ1) is 13.3. The number of carbonyl (C=O) groups excluding carboxylic acids is 1. The zero-order valence-electron chi connectivity index (χ0n) is 14.5. The van der Waals surface area contributed by atoms with Gasteiger partial charge in [-0.2, -0.15) is 0 Å². The van der Waals surface area contributed by atoms with Gasteiger partial charge in [-0.25, -0.2) is 9.59 Å². The van der Waals surface area contributed by atoms with Crippen LogP contribution in [0.2, 0.25) is 0 Å². The van der Waals surface area contributed by atoms with Crippen molar-refractivity contribution in [3.63, 3.8) is 0 Å². The predicted octanol–water partition coefficient (Wildman–Crippen LogP) is 3.91. The lowest BCUT2D eigenvalue weighted by Crippen LogP contribution is -2.17. The second kappa shape index (κ2) is 10.5. The van der Waals surface area contributed by atoms with Gasteiger partial charge in [0.15, 0.2) is 5.78 Å². The number of carbonyl (C=O) groups is 3. The first kappa shape index (κ1) is 22.2. The summed E-state index contributed by atoms with van der Waals surface area (Å²) in [4.78, 5) is 32.3. The molecule has 2 aromatic carbocycles. The fraction of sp³-hybridized carbons (Fsp3) is 0.211. The molecule has 1 aliphatic heterocycles. The number of rotatable bonds is 5. The van der Waals surface area contributed by atoms with E-state index in [2.05, 4.69) is 31.9 Å². The molecule has 28 heavy (non-hydrogen) atoms. The highest BCUT2D eigenvalue weighted by atomic mass is 79.9. The Balaban J connectivity index is 0.000000207. The molecule has 3 rings (SSSR count). The lowest BCUT2D eigenvalue weighted by molar-refractivity contribution is -0.142. The van der Waals surface area contributed by atoms with E-state index in [1.54, 1.807) is 12.1 Å². The van der Waals surface area contributed by atoms with Crippen LogP contribution in [0.3, 0.4) is 0 Å². The zero-order chi connectivity index (χ0) is 20.7. The van der Waals surface area contributed by atoms with E-state index in [0.29, 0.717) is 16.6 Å². The van der Waals surface area contributed by atoms with Gasteiger partial charge >= 0.3 is 11.9 Å². The standard InChI is InChI=1S/C10H9BrO5.C9H7BrO2/c11-7-1-2-8(10(14)15)6(3-7)4-16-5-9(12)13;10-7-1-2-8-6(3-7)4-12-5-9(8)11/h1-3H,4-5H2,(H,12,13)(H,14,15);1-3H,4-5H2. The molecule has 1 heterocycles. The summed E-state index contributed by atoms with van der Waals surface area (Å²) in [7, 11) is 0. The average molecular weight is 516 g/mol. The van der Waals surface area contributed by atoms with Crippen molar-refractivity contribution >= 4 is 49.6 Å². The number of hydrogen-bond acceptors (Lipinski definition) is 5. The Morgan fingerprint density at radius 2 is 1.71 bits per heavy atom. The molecule has 0 fully saturated rings. The minimum absolute atomic E-state index is 0.0482. The third-order valence-electron chi connectivity index (χ3n) is 3.64. The van der Waals surface area contributed by atoms with E-state index in [1.807, 2.05) is 18.2 Å². The van der Waals surface area contributed by atoms with Gasteiger partial charge in [-0.15, -0.1) is 0 Å². The second-order valence-corrected chi connectivity index (χ2v) is 7.54. The lowest BCUT2D eigenvalue weighted by atomic mass is 10.0. The van der Waals surface area contributed by atoms with Crippen molar-refractivity contribution in [1.82, 2.24) is 0 Å². The van der Waals surface area contributed by atoms with E-state index in [0.717, 1.165) is 15.6 Å². The highest BCUT2D eigenvalue weighted by molar-refractivity contribution is 9.10. The second-order valence-electron chi connectivity index (χ2n) is 5.71. The van der Waals surface area contributed by atoms with Crippen molar-refractivity contribution in [2.45, 2.75) is 13.2 Å². The van der Waals surface area contributed by atoms with Crippen molar-refractivity contribution in [2.75, 3.05) is 13.2 Å². The Labute approximate surface area is 177 Å². The van der Waals surface area contributed by atoms with Gasteiger partial charge in [0.1, 0.15) is 13.2 Å². The highest BCUT2D eigenvalue weighted by Crippen LogP contribution is 2.21. The summed E-state index contributed by atoms with van der Waals surface area (Å²) < 4.78 is 11.6. The van der Waals surface area contributed by atoms with Gasteiger partial charge in [-0.3, -0.25) is 4.79 Å². The normalized spacial score (nSPS) is 12.6. The van der Waals surface area contributed by atoms with Crippen LogP contribution in [0.1, 0.15) is 31.8 Å². The maximum absolute atomic E-state index is 11.3. The van der Waals surface area contributed by atoms with E-state index in [9.17, 15) is 14.4 Å². The molecule has 9 heteroatoms. The number of hydrogen-bond donors (Lipinski definition) is 2. The maximum atomic E-state index is 11.3. The van der Waals surface area contributed by atoms with Gasteiger partial charge in [0.25, 0.3) is 0 Å². The van der Waals surface area contributed by atoms with Crippen LogP contribution in [-0.4, -0.2) is 41.1 Å². The largest absolute Gasteiger partial charge is 0.480 e. The number of ketones is 1. The molecule has 0 saturated carbocycles. The van der Waals surface area contributed by atoms with Crippen LogP contribution >= 0.6 is 31.9 Å². The van der Waals surface area contributed by atoms with E-state index >= 15 is 0 Å². The molecule has 0 unspecified atom stereocenters. The minimum atomic E-state index is -1.09. The summed E-state index contributed by atoms with van der Waals surface area (Å²) in [6.07, 6.45) is 0. The maximum Gasteiger partial charge on any atom is 0.336 e. The van der Waals surface area contributed by atoms with Crippen LogP contribution in [0.15, 0.2) is 45.3 Å². The molecule has 0 aromatic heterocycles. The molecular weight excluding hydrogens is 500 g/mol. The van der Waals surface area contributed by atoms with Crippen LogP contribution in [0.5, 0.6) is 0 Å². The van der Waals surface area contributed by atoms with Crippen LogP contribution in [0.25, 0.3) is 0 Å². The first-order valence-corrected chi connectivity index (χ1v) is 9.57. The molecule has 0 aliphatic carbocycles. The van der Waals surface area contributed by atoms with Crippen LogP contribution < -0.4 is 0 Å². The Hall–Kier alpha value is -2.07. The van der Waals surface area contributed by atoms with Crippen LogP contribution in [0, 0.1) is 0 Å². The quantitative estimate of drug-likeness (QED) is 0.621. The Morgan fingerprint density at radius 1 is 1.04 bits per heavy atom. The summed E-state index contributed by atoms with van der Waals surface area (Å²) in [5, 5.41) is 17.3. The van der Waals surface area contributed by atoms with Crippen LogP contribution in [0.4, 0.5) is 0 Å². The van der Waals surface area contributed by atoms with Gasteiger partial charge in [0.05, 0.1) is 18.8 Å². The Bertz CT molecular complexity index is 896. The van der Waals surface area contributed by atoms with E-state index in [-0.39, 0.29) is 24.6 Å². The number of benzene rings is 2. The molecule has 0 atom stereocenters. The lowest BCUT2D eigenvalue weighted by Gasteiger charge is -2.14. The zero-order valence-corrected chi connectivity index (χ0v) is 17.7. The molecule has 0 amide bonds. The molecule has 0 radical (unpaired) electrons. The summed E-state index contributed by atoms with van der Waals surface area (Å²) in [6.45, 7) is 0.258. The molecule has 0 spiro atoms. The molecule has 148 valence electrons. The number of halogens is 2. The summed E-state index contributed by atoms with van der Waals surface area (Å²) in [5.74, 6) is -2.09. The number of carboxylic acids is 2. The SMILES string of the molecule is O=C(O)COCc1cc(Br)ccc1C(=O)O.O=C1COCc2cc(Br)ccc21. The number of Topliss-reactive ketones (excluding diaryl/α,β-unsaturated/α-hetero) is 1. The van der Waals surface area contributed by atoms with E-state index < -0.39 is 18.5 Å². The third-order valence-corrected chi connectivity index (χ3v) is 4.63. The number of aliphatic carboxylic acids is 1. The Morgan fingerprint density at radius 3 is 2.39 bits per heavy atom. The molecule has 2 N–H and O–H groups in total. The molecule has 2 aromatic rings. The van der Waals surface area contributed by atoms with Crippen molar-refractivity contribution in [3.8, 4) is 0 Å². The number of ether oxygens (including phenoxy) is 2. The molecule has 1 aliphatic rings. The van der Waals surface area contributed by atoms with Crippen LogP contribution in [-0.2, 0) is 27.5 Å². The smallest absolute Gasteiger partial charge is 0.336 e. The topological polar surface area (TPSA) is 110 Å². The summed E-state index contributed by atoms with van der Waals surface area (Å²) >= 11 is 6.54. The van der Waals surface area contributed by atoms with E-state index in [4.69, 9.17) is 19.7 Å². The molecular formula is C19H16Br2O7. The van der Waals surface area contributed by atoms with Gasteiger partial charge in [-0.1, -0.05) is 31.9 Å². The van der Waals surface area contributed by atoms with Gasteiger partial charge in [-0.05, 0) is 47.5 Å². The van der Waals surface area contributed by atoms with Crippen molar-refractivity contribution in [3.05, 3.63) is 67.6 Å². The number of carboxylic acid groups (broad SMARTS) is 2. The van der Waals surface area contributed by atoms with E-state index in [1.165, 1.54) is 6.07 Å². The van der Waals surface area contributed by atoms with Crippen molar-refractivity contribution < 1.29 is 34.1 Å². The fourth-order valence-electron chi connectivity index (χ4n) is 2.42. The van der Waals surface area contributed by atoms with Crippen molar-refractivity contribution in [2.24, 2.45) is 0 Å².